The van der Waals surface area contributed by atoms with Gasteiger partial charge in [0.25, 0.3) is 0 Å². The highest BCUT2D eigenvalue weighted by Gasteiger charge is 2.43. The summed E-state index contributed by atoms with van der Waals surface area (Å²) in [5.74, 6) is 0. The van der Waals surface area contributed by atoms with Crippen LogP contribution in [0.3, 0.4) is 0 Å². The average molecular weight is 628 g/mol. The molecule has 4 heteroatoms. The molecule has 224 valence electrons. The van der Waals surface area contributed by atoms with E-state index >= 15 is 0 Å². The Morgan fingerprint density at radius 1 is 0.438 bits per heavy atom. The van der Waals surface area contributed by atoms with E-state index in [0.29, 0.717) is 11.1 Å². The summed E-state index contributed by atoms with van der Waals surface area (Å²) >= 11 is 0. The fourth-order valence-electron chi connectivity index (χ4n) is 7.43. The third-order valence-electron chi connectivity index (χ3n) is 9.45. The maximum absolute atomic E-state index is 11.1. The average Bonchev–Trinajstić information content (AvgIpc) is 3.50. The molecule has 0 aliphatic heterocycles. The van der Waals surface area contributed by atoms with Crippen LogP contribution in [0, 0.1) is 22.7 Å². The minimum absolute atomic E-state index is 0.527. The van der Waals surface area contributed by atoms with Crippen LogP contribution < -0.4 is 20.7 Å². The minimum Gasteiger partial charge on any atom is -0.309 e. The van der Waals surface area contributed by atoms with E-state index < -0.39 is 8.07 Å². The van der Waals surface area contributed by atoms with Gasteiger partial charge in [0.05, 0.1) is 34.3 Å². The van der Waals surface area contributed by atoms with Crippen LogP contribution in [0.15, 0.2) is 176 Å². The van der Waals surface area contributed by atoms with Crippen LogP contribution in [0.1, 0.15) is 11.1 Å². The Balaban J connectivity index is 1.45. The largest absolute Gasteiger partial charge is 0.309 e. The quantitative estimate of drug-likeness (QED) is 0.141. The van der Waals surface area contributed by atoms with E-state index in [1.807, 2.05) is 36.4 Å². The second kappa shape index (κ2) is 12.0. The third kappa shape index (κ3) is 4.48. The van der Waals surface area contributed by atoms with Crippen LogP contribution in [0.4, 0.5) is 0 Å². The van der Waals surface area contributed by atoms with E-state index in [1.54, 1.807) is 0 Å². The molecule has 0 unspecified atom stereocenters. The standard InChI is InChI=1S/C44H29N3Si/c45-30-32-27-28-33(47-42-24-12-10-21-38(42)39-22-11-13-25-43(39)47)29-40(32)37-23-14-26-44(41(37)31-46)48(34-15-4-1-5-16-34,35-17-6-2-7-18-35)36-19-8-3-9-20-36/h1-29H. The monoisotopic (exact) mass is 627 g/mol. The summed E-state index contributed by atoms with van der Waals surface area (Å²) in [6.45, 7) is 0. The number of para-hydroxylation sites is 2. The molecule has 48 heavy (non-hydrogen) atoms. The van der Waals surface area contributed by atoms with Gasteiger partial charge in [0.2, 0.25) is 0 Å². The summed E-state index contributed by atoms with van der Waals surface area (Å²) in [4.78, 5) is 0. The van der Waals surface area contributed by atoms with Gasteiger partial charge in [-0.3, -0.25) is 0 Å². The molecule has 7 aromatic carbocycles. The zero-order valence-electron chi connectivity index (χ0n) is 26.1. The SMILES string of the molecule is N#Cc1ccc(-n2c3ccccc3c3ccccc32)cc1-c1cccc([Si](c2ccccc2)(c2ccccc2)c2ccccc2)c1C#N. The molecule has 0 saturated carbocycles. The predicted octanol–water partition coefficient (Wildman–Crippen LogP) is 7.57. The molecule has 0 aliphatic rings. The van der Waals surface area contributed by atoms with E-state index in [2.05, 4.69) is 156 Å². The van der Waals surface area contributed by atoms with Gasteiger partial charge in [-0.2, -0.15) is 10.5 Å². The fourth-order valence-corrected chi connectivity index (χ4v) is 12.4. The lowest BCUT2D eigenvalue weighted by molar-refractivity contribution is 1.18. The van der Waals surface area contributed by atoms with Gasteiger partial charge >= 0.3 is 0 Å². The van der Waals surface area contributed by atoms with Crippen molar-refractivity contribution in [2.45, 2.75) is 0 Å². The molecule has 0 fully saturated rings. The molecule has 0 bridgehead atoms. The minimum atomic E-state index is -3.01. The van der Waals surface area contributed by atoms with E-state index in [0.717, 1.165) is 33.0 Å². The smallest absolute Gasteiger partial charge is 0.180 e. The number of aromatic nitrogens is 1. The van der Waals surface area contributed by atoms with Gasteiger partial charge in [-0.1, -0.05) is 146 Å². The second-order valence-corrected chi connectivity index (χ2v) is 15.7. The van der Waals surface area contributed by atoms with Crippen LogP contribution in [-0.2, 0) is 0 Å². The van der Waals surface area contributed by atoms with Crippen molar-refractivity contribution in [3.8, 4) is 29.0 Å². The summed E-state index contributed by atoms with van der Waals surface area (Å²) in [5, 5.41) is 28.5. The normalized spacial score (nSPS) is 11.3. The lowest BCUT2D eigenvalue weighted by Gasteiger charge is -2.35. The molecule has 8 rings (SSSR count). The maximum atomic E-state index is 11.1. The van der Waals surface area contributed by atoms with E-state index in [9.17, 15) is 10.5 Å². The summed E-state index contributed by atoms with van der Waals surface area (Å²) in [6.07, 6.45) is 0. The molecular weight excluding hydrogens is 599 g/mol. The van der Waals surface area contributed by atoms with Crippen molar-refractivity contribution in [1.82, 2.24) is 4.57 Å². The van der Waals surface area contributed by atoms with Crippen molar-refractivity contribution < 1.29 is 0 Å². The lowest BCUT2D eigenvalue weighted by Crippen LogP contribution is -2.75. The van der Waals surface area contributed by atoms with Gasteiger partial charge in [0, 0.05) is 27.6 Å². The first-order valence-electron chi connectivity index (χ1n) is 16.0. The number of fused-ring (bicyclic) bond motifs is 3. The Hall–Kier alpha value is -6.46. The molecule has 0 radical (unpaired) electrons. The van der Waals surface area contributed by atoms with Crippen molar-refractivity contribution in [2.24, 2.45) is 0 Å². The number of hydrogen-bond acceptors (Lipinski definition) is 2. The van der Waals surface area contributed by atoms with E-state index in [1.165, 1.54) is 26.3 Å². The van der Waals surface area contributed by atoms with Crippen LogP contribution in [0.5, 0.6) is 0 Å². The molecule has 8 aromatic rings. The lowest BCUT2D eigenvalue weighted by atomic mass is 9.95. The fraction of sp³-hybridized carbons (Fsp3) is 0. The van der Waals surface area contributed by atoms with Crippen molar-refractivity contribution in [2.75, 3.05) is 0 Å². The van der Waals surface area contributed by atoms with Crippen LogP contribution in [0.25, 0.3) is 38.6 Å². The van der Waals surface area contributed by atoms with Crippen LogP contribution >= 0.6 is 0 Å². The number of nitrogens with zero attached hydrogens (tertiary/aromatic N) is 3. The molecule has 0 amide bonds. The topological polar surface area (TPSA) is 52.5 Å². The molecule has 3 nitrogen and oxygen atoms in total. The molecule has 1 aromatic heterocycles. The van der Waals surface area contributed by atoms with Crippen molar-refractivity contribution in [1.29, 1.82) is 10.5 Å². The van der Waals surface area contributed by atoms with Gasteiger partial charge in [-0.15, -0.1) is 0 Å². The Morgan fingerprint density at radius 2 is 0.938 bits per heavy atom. The van der Waals surface area contributed by atoms with Crippen molar-refractivity contribution in [3.63, 3.8) is 0 Å². The van der Waals surface area contributed by atoms with Gasteiger partial charge in [-0.25, -0.2) is 0 Å². The summed E-state index contributed by atoms with van der Waals surface area (Å²) < 4.78 is 2.25. The first-order valence-corrected chi connectivity index (χ1v) is 18.0. The van der Waals surface area contributed by atoms with Crippen molar-refractivity contribution >= 4 is 50.6 Å². The summed E-state index contributed by atoms with van der Waals surface area (Å²) in [7, 11) is -3.01. The number of rotatable bonds is 6. The number of nitriles is 2. The summed E-state index contributed by atoms with van der Waals surface area (Å²) in [6, 6.07) is 65.9. The highest BCUT2D eigenvalue weighted by atomic mass is 28.3. The molecule has 0 N–H and O–H groups in total. The van der Waals surface area contributed by atoms with E-state index in [-0.39, 0.29) is 0 Å². The van der Waals surface area contributed by atoms with Gasteiger partial charge in [-0.05, 0) is 51.1 Å². The van der Waals surface area contributed by atoms with Crippen molar-refractivity contribution in [3.05, 3.63) is 187 Å². The molecule has 1 heterocycles. The number of hydrogen-bond donors (Lipinski definition) is 0. The Kier molecular flexibility index (Phi) is 7.27. The maximum Gasteiger partial charge on any atom is 0.180 e. The zero-order chi connectivity index (χ0) is 32.5. The highest BCUT2D eigenvalue weighted by molar-refractivity contribution is 7.20. The first kappa shape index (κ1) is 29.0. The van der Waals surface area contributed by atoms with Crippen LogP contribution in [-0.4, -0.2) is 12.6 Å². The molecule has 0 spiro atoms. The second-order valence-electron chi connectivity index (χ2n) is 11.9. The first-order chi connectivity index (χ1) is 23.8. The Morgan fingerprint density at radius 3 is 1.44 bits per heavy atom. The molecule has 0 aliphatic carbocycles. The van der Waals surface area contributed by atoms with Gasteiger partial charge in [0.1, 0.15) is 0 Å². The zero-order valence-corrected chi connectivity index (χ0v) is 27.1. The predicted molar refractivity (Wildman–Crippen MR) is 199 cm³/mol. The van der Waals surface area contributed by atoms with Gasteiger partial charge < -0.3 is 4.57 Å². The molecule has 0 saturated heterocycles. The Labute approximate surface area is 280 Å². The summed E-state index contributed by atoms with van der Waals surface area (Å²) in [5.41, 5.74) is 5.74. The molecule has 0 atom stereocenters. The van der Waals surface area contributed by atoms with E-state index in [4.69, 9.17) is 0 Å². The Bertz CT molecular complexity index is 2370. The number of benzene rings is 7. The van der Waals surface area contributed by atoms with Gasteiger partial charge in [0.15, 0.2) is 8.07 Å². The third-order valence-corrected chi connectivity index (χ3v) is 14.3. The van der Waals surface area contributed by atoms with Crippen LogP contribution in [0.2, 0.25) is 0 Å². The molecular formula is C44H29N3Si. The highest BCUT2D eigenvalue weighted by Crippen LogP contribution is 2.35.